The Kier molecular flexibility index (Phi) is 24.9. The standard InChI is InChI=1S/C25H44O10/c26-6-7-27-8-9-28-10-11-29-12-13-30-14-15-31-16-17-32-18-19-33-20-21-34-22-23-35-24-25-4-2-1-3-5-25/h1-5,26H,6-24H2. The van der Waals surface area contributed by atoms with Gasteiger partial charge in [0, 0.05) is 0 Å². The minimum atomic E-state index is 0.0300. The van der Waals surface area contributed by atoms with Gasteiger partial charge in [-0.25, -0.2) is 0 Å². The quantitative estimate of drug-likeness (QED) is 0.168. The van der Waals surface area contributed by atoms with Crippen LogP contribution < -0.4 is 0 Å². The van der Waals surface area contributed by atoms with Gasteiger partial charge in [0.1, 0.15) is 0 Å². The third-order valence-electron chi connectivity index (χ3n) is 4.32. The molecular formula is C25H44O10. The maximum Gasteiger partial charge on any atom is 0.0718 e. The first-order valence-corrected chi connectivity index (χ1v) is 12.3. The maximum atomic E-state index is 8.55. The van der Waals surface area contributed by atoms with Crippen LogP contribution >= 0.6 is 0 Å². The number of ether oxygens (including phenoxy) is 9. The highest BCUT2D eigenvalue weighted by molar-refractivity contribution is 5.13. The van der Waals surface area contributed by atoms with Crippen LogP contribution in [0.1, 0.15) is 5.56 Å². The fourth-order valence-electron chi connectivity index (χ4n) is 2.59. The van der Waals surface area contributed by atoms with Crippen LogP contribution in [0.15, 0.2) is 30.3 Å². The summed E-state index contributed by atoms with van der Waals surface area (Å²) in [5.74, 6) is 0. The molecule has 0 bridgehead atoms. The predicted molar refractivity (Wildman–Crippen MR) is 130 cm³/mol. The van der Waals surface area contributed by atoms with Crippen molar-refractivity contribution in [2.24, 2.45) is 0 Å². The molecular weight excluding hydrogens is 460 g/mol. The highest BCUT2D eigenvalue weighted by Crippen LogP contribution is 1.99. The van der Waals surface area contributed by atoms with Gasteiger partial charge in [0.25, 0.3) is 0 Å². The summed E-state index contributed by atoms with van der Waals surface area (Å²) in [6.07, 6.45) is 0. The van der Waals surface area contributed by atoms with Gasteiger partial charge in [-0.3, -0.25) is 0 Å². The number of aliphatic hydroxyl groups is 1. The third kappa shape index (κ3) is 24.3. The summed E-state index contributed by atoms with van der Waals surface area (Å²) >= 11 is 0. The Morgan fingerprint density at radius 2 is 0.657 bits per heavy atom. The zero-order valence-electron chi connectivity index (χ0n) is 20.9. The summed E-state index contributed by atoms with van der Waals surface area (Å²) in [5, 5.41) is 8.55. The highest BCUT2D eigenvalue weighted by atomic mass is 16.6. The lowest BCUT2D eigenvalue weighted by Crippen LogP contribution is -2.15. The first kappa shape index (κ1) is 31.8. The molecule has 0 aliphatic carbocycles. The molecule has 10 nitrogen and oxygen atoms in total. The Bertz CT molecular complexity index is 520. The van der Waals surface area contributed by atoms with E-state index in [2.05, 4.69) is 0 Å². The van der Waals surface area contributed by atoms with Gasteiger partial charge in [-0.05, 0) is 5.56 Å². The molecule has 0 saturated heterocycles. The molecule has 0 aromatic heterocycles. The van der Waals surface area contributed by atoms with E-state index < -0.39 is 0 Å². The monoisotopic (exact) mass is 504 g/mol. The average Bonchev–Trinajstić information content (AvgIpc) is 2.89. The lowest BCUT2D eigenvalue weighted by atomic mass is 10.2. The van der Waals surface area contributed by atoms with Gasteiger partial charge in [0.2, 0.25) is 0 Å². The molecule has 204 valence electrons. The molecule has 1 aromatic carbocycles. The Morgan fingerprint density at radius 1 is 0.371 bits per heavy atom. The van der Waals surface area contributed by atoms with Gasteiger partial charge < -0.3 is 47.7 Å². The van der Waals surface area contributed by atoms with E-state index in [1.807, 2.05) is 30.3 Å². The summed E-state index contributed by atoms with van der Waals surface area (Å²) in [6, 6.07) is 10.1. The van der Waals surface area contributed by atoms with Gasteiger partial charge in [0.15, 0.2) is 0 Å². The third-order valence-corrected chi connectivity index (χ3v) is 4.32. The molecule has 1 aromatic rings. The van der Waals surface area contributed by atoms with Crippen molar-refractivity contribution >= 4 is 0 Å². The average molecular weight is 505 g/mol. The summed E-state index contributed by atoms with van der Waals surface area (Å²) in [7, 11) is 0. The second-order valence-electron chi connectivity index (χ2n) is 7.16. The summed E-state index contributed by atoms with van der Waals surface area (Å²) in [5.41, 5.74) is 1.16. The Labute approximate surface area is 209 Å². The van der Waals surface area contributed by atoms with Crippen molar-refractivity contribution < 1.29 is 47.7 Å². The van der Waals surface area contributed by atoms with E-state index in [1.165, 1.54) is 0 Å². The Balaban J connectivity index is 1.63. The van der Waals surface area contributed by atoms with Crippen LogP contribution in [0.2, 0.25) is 0 Å². The molecule has 0 fully saturated rings. The SMILES string of the molecule is OCCOCCOCCOCCOCCOCCOCCOCCOCCOCc1ccccc1. The highest BCUT2D eigenvalue weighted by Gasteiger charge is 1.96. The number of rotatable bonds is 28. The number of hydrogen-bond acceptors (Lipinski definition) is 10. The molecule has 0 atom stereocenters. The maximum absolute atomic E-state index is 8.55. The molecule has 0 saturated carbocycles. The minimum Gasteiger partial charge on any atom is -0.394 e. The van der Waals surface area contributed by atoms with Crippen LogP contribution in [-0.4, -0.2) is 124 Å². The van der Waals surface area contributed by atoms with Crippen LogP contribution in [0.5, 0.6) is 0 Å². The topological polar surface area (TPSA) is 103 Å². The molecule has 10 heteroatoms. The molecule has 0 radical (unpaired) electrons. The predicted octanol–water partition coefficient (Wildman–Crippen LogP) is 1.33. The van der Waals surface area contributed by atoms with E-state index in [-0.39, 0.29) is 6.61 Å². The zero-order chi connectivity index (χ0) is 24.9. The number of hydrogen-bond donors (Lipinski definition) is 1. The second-order valence-corrected chi connectivity index (χ2v) is 7.16. The normalized spacial score (nSPS) is 11.3. The molecule has 1 rings (SSSR count). The lowest BCUT2D eigenvalue weighted by Gasteiger charge is -2.09. The lowest BCUT2D eigenvalue weighted by molar-refractivity contribution is -0.0258. The molecule has 0 unspecified atom stereocenters. The van der Waals surface area contributed by atoms with E-state index in [0.29, 0.717) is 119 Å². The van der Waals surface area contributed by atoms with Crippen LogP contribution in [0, 0.1) is 0 Å². The molecule has 35 heavy (non-hydrogen) atoms. The second kappa shape index (κ2) is 27.4. The van der Waals surface area contributed by atoms with Crippen LogP contribution in [0.4, 0.5) is 0 Å². The molecule has 1 N–H and O–H groups in total. The Morgan fingerprint density at radius 3 is 0.971 bits per heavy atom. The van der Waals surface area contributed by atoms with E-state index in [4.69, 9.17) is 47.7 Å². The summed E-state index contributed by atoms with van der Waals surface area (Å²) < 4.78 is 48.6. The zero-order valence-corrected chi connectivity index (χ0v) is 20.9. The van der Waals surface area contributed by atoms with Gasteiger partial charge >= 0.3 is 0 Å². The first-order valence-electron chi connectivity index (χ1n) is 12.3. The fraction of sp³-hybridized carbons (Fsp3) is 0.760. The van der Waals surface area contributed by atoms with Crippen molar-refractivity contribution in [2.75, 3.05) is 119 Å². The Hall–Kier alpha value is -1.18. The van der Waals surface area contributed by atoms with Crippen LogP contribution in [0.3, 0.4) is 0 Å². The van der Waals surface area contributed by atoms with E-state index in [0.717, 1.165) is 5.56 Å². The van der Waals surface area contributed by atoms with Crippen molar-refractivity contribution in [2.45, 2.75) is 6.61 Å². The van der Waals surface area contributed by atoms with Crippen LogP contribution in [0.25, 0.3) is 0 Å². The minimum absolute atomic E-state index is 0.0300. The van der Waals surface area contributed by atoms with Crippen molar-refractivity contribution in [1.82, 2.24) is 0 Å². The fourth-order valence-corrected chi connectivity index (χ4v) is 2.59. The van der Waals surface area contributed by atoms with Gasteiger partial charge in [0.05, 0.1) is 126 Å². The van der Waals surface area contributed by atoms with Crippen molar-refractivity contribution in [3.63, 3.8) is 0 Å². The van der Waals surface area contributed by atoms with E-state index in [9.17, 15) is 0 Å². The van der Waals surface area contributed by atoms with Crippen molar-refractivity contribution in [3.8, 4) is 0 Å². The number of benzene rings is 1. The van der Waals surface area contributed by atoms with Gasteiger partial charge in [-0.1, -0.05) is 30.3 Å². The molecule has 0 spiro atoms. The largest absolute Gasteiger partial charge is 0.394 e. The van der Waals surface area contributed by atoms with E-state index in [1.54, 1.807) is 0 Å². The summed E-state index contributed by atoms with van der Waals surface area (Å²) in [4.78, 5) is 0. The van der Waals surface area contributed by atoms with Crippen LogP contribution in [-0.2, 0) is 49.2 Å². The first-order chi connectivity index (χ1) is 17.4. The molecule has 0 aliphatic rings. The van der Waals surface area contributed by atoms with Gasteiger partial charge in [-0.2, -0.15) is 0 Å². The molecule has 0 amide bonds. The molecule has 0 heterocycles. The van der Waals surface area contributed by atoms with Gasteiger partial charge in [-0.15, -0.1) is 0 Å². The number of aliphatic hydroxyl groups excluding tert-OH is 1. The van der Waals surface area contributed by atoms with Crippen molar-refractivity contribution in [1.29, 1.82) is 0 Å². The smallest absolute Gasteiger partial charge is 0.0718 e. The molecule has 0 aliphatic heterocycles. The van der Waals surface area contributed by atoms with E-state index >= 15 is 0 Å². The van der Waals surface area contributed by atoms with Crippen molar-refractivity contribution in [3.05, 3.63) is 35.9 Å². The summed E-state index contributed by atoms with van der Waals surface area (Å²) in [6.45, 7) is 9.32.